The average Bonchev–Trinajstić information content (AvgIpc) is 3.48. The first-order valence-electron chi connectivity index (χ1n) is 10.3. The minimum Gasteiger partial charge on any atom is -0.365 e. The lowest BCUT2D eigenvalue weighted by molar-refractivity contribution is 0.391. The molecule has 160 valence electrons. The number of nitrogens with zero attached hydrogens (tertiary/aromatic N) is 6. The summed E-state index contributed by atoms with van der Waals surface area (Å²) in [7, 11) is 4.05. The van der Waals surface area contributed by atoms with Crippen LogP contribution < -0.4 is 5.32 Å². The molecule has 0 spiro atoms. The summed E-state index contributed by atoms with van der Waals surface area (Å²) in [6.07, 6.45) is 7.20. The van der Waals surface area contributed by atoms with E-state index >= 15 is 0 Å². The van der Waals surface area contributed by atoms with Gasteiger partial charge in [-0.05, 0) is 37.4 Å². The van der Waals surface area contributed by atoms with Gasteiger partial charge in [0.2, 0.25) is 0 Å². The molecule has 1 aromatic carbocycles. The summed E-state index contributed by atoms with van der Waals surface area (Å²) in [5, 5.41) is 6.80. The summed E-state index contributed by atoms with van der Waals surface area (Å²) in [6, 6.07) is 14.5. The van der Waals surface area contributed by atoms with Gasteiger partial charge >= 0.3 is 0 Å². The topological polar surface area (TPSA) is 71.8 Å². The van der Waals surface area contributed by atoms with Gasteiger partial charge in [0.25, 0.3) is 0 Å². The lowest BCUT2D eigenvalue weighted by atomic mass is 10.1. The Morgan fingerprint density at radius 2 is 1.94 bits per heavy atom. The van der Waals surface area contributed by atoms with Gasteiger partial charge in [-0.3, -0.25) is 4.57 Å². The molecular formula is C24H23N7S. The molecule has 0 amide bonds. The van der Waals surface area contributed by atoms with Gasteiger partial charge in [-0.25, -0.2) is 19.9 Å². The summed E-state index contributed by atoms with van der Waals surface area (Å²) >= 11 is 1.66. The molecular weight excluding hydrogens is 418 g/mol. The Labute approximate surface area is 190 Å². The number of anilines is 1. The second kappa shape index (κ2) is 8.86. The van der Waals surface area contributed by atoms with E-state index in [-0.39, 0.29) is 0 Å². The van der Waals surface area contributed by atoms with Gasteiger partial charge in [-0.2, -0.15) is 0 Å². The molecule has 0 saturated heterocycles. The molecule has 32 heavy (non-hydrogen) atoms. The van der Waals surface area contributed by atoms with E-state index in [1.807, 2.05) is 43.2 Å². The van der Waals surface area contributed by atoms with Crippen LogP contribution in [-0.2, 0) is 13.1 Å². The standard InChI is InChI=1S/C24H23N7S/c1-30(2)14-20-28-23(22-19(15-32-24(22)29-20)18-6-4-3-5-7-18)27-13-17-8-9-26-21(12-17)31-11-10-25-16-31/h3-12,15-16H,13-14H2,1-2H3,(H,27,28,29). The number of rotatable bonds is 7. The highest BCUT2D eigenvalue weighted by molar-refractivity contribution is 7.17. The lowest BCUT2D eigenvalue weighted by Crippen LogP contribution is -2.14. The predicted molar refractivity (Wildman–Crippen MR) is 129 cm³/mol. The Morgan fingerprint density at radius 3 is 2.72 bits per heavy atom. The molecule has 5 aromatic rings. The van der Waals surface area contributed by atoms with E-state index < -0.39 is 0 Å². The zero-order valence-corrected chi connectivity index (χ0v) is 18.8. The van der Waals surface area contributed by atoms with Crippen molar-refractivity contribution in [2.24, 2.45) is 0 Å². The van der Waals surface area contributed by atoms with Gasteiger partial charge in [0, 0.05) is 36.1 Å². The maximum absolute atomic E-state index is 4.90. The third-order valence-corrected chi connectivity index (χ3v) is 5.93. The molecule has 0 aliphatic heterocycles. The Kier molecular flexibility index (Phi) is 5.62. The Balaban J connectivity index is 1.51. The third-order valence-electron chi connectivity index (χ3n) is 5.06. The highest BCUT2D eigenvalue weighted by atomic mass is 32.1. The number of fused-ring (bicyclic) bond motifs is 1. The van der Waals surface area contributed by atoms with Crippen LogP contribution in [0.2, 0.25) is 0 Å². The smallest absolute Gasteiger partial charge is 0.146 e. The van der Waals surface area contributed by atoms with Crippen LogP contribution in [0.3, 0.4) is 0 Å². The van der Waals surface area contributed by atoms with Crippen LogP contribution in [0.25, 0.3) is 27.2 Å². The van der Waals surface area contributed by atoms with Crippen LogP contribution in [0.4, 0.5) is 5.82 Å². The summed E-state index contributed by atoms with van der Waals surface area (Å²) in [5.41, 5.74) is 3.43. The predicted octanol–water partition coefficient (Wildman–Crippen LogP) is 4.61. The molecule has 0 saturated carbocycles. The fraction of sp³-hybridized carbons (Fsp3) is 0.167. The van der Waals surface area contributed by atoms with Gasteiger partial charge in [-0.15, -0.1) is 11.3 Å². The van der Waals surface area contributed by atoms with E-state index in [9.17, 15) is 0 Å². The van der Waals surface area contributed by atoms with E-state index in [4.69, 9.17) is 9.97 Å². The zero-order valence-electron chi connectivity index (χ0n) is 17.9. The second-order valence-electron chi connectivity index (χ2n) is 7.77. The van der Waals surface area contributed by atoms with Crippen molar-refractivity contribution >= 4 is 27.4 Å². The van der Waals surface area contributed by atoms with Gasteiger partial charge < -0.3 is 10.2 Å². The van der Waals surface area contributed by atoms with Crippen molar-refractivity contribution in [2.45, 2.75) is 13.1 Å². The first-order valence-corrected chi connectivity index (χ1v) is 11.2. The van der Waals surface area contributed by atoms with Gasteiger partial charge in [-0.1, -0.05) is 30.3 Å². The lowest BCUT2D eigenvalue weighted by Gasteiger charge is -2.13. The first kappa shape index (κ1) is 20.3. The highest BCUT2D eigenvalue weighted by Crippen LogP contribution is 2.37. The molecule has 0 aliphatic carbocycles. The molecule has 1 N–H and O–H groups in total. The summed E-state index contributed by atoms with van der Waals surface area (Å²) in [5.74, 6) is 2.50. The number of thiophene rings is 1. The number of hydrogen-bond acceptors (Lipinski definition) is 7. The van der Waals surface area contributed by atoms with Gasteiger partial charge in [0.05, 0.1) is 11.9 Å². The van der Waals surface area contributed by atoms with Crippen LogP contribution in [0.5, 0.6) is 0 Å². The SMILES string of the molecule is CN(C)Cc1nc(NCc2ccnc(-n3ccnc3)c2)c2c(-c3ccccc3)csc2n1. The second-order valence-corrected chi connectivity index (χ2v) is 8.63. The Bertz CT molecular complexity index is 1330. The number of imidazole rings is 1. The van der Waals surface area contributed by atoms with E-state index in [0.717, 1.165) is 44.4 Å². The van der Waals surface area contributed by atoms with Crippen molar-refractivity contribution in [1.82, 2.24) is 29.4 Å². The van der Waals surface area contributed by atoms with Crippen LogP contribution in [0.15, 0.2) is 72.8 Å². The summed E-state index contributed by atoms with van der Waals surface area (Å²) < 4.78 is 1.90. The quantitative estimate of drug-likeness (QED) is 0.398. The monoisotopic (exact) mass is 441 g/mol. The highest BCUT2D eigenvalue weighted by Gasteiger charge is 2.16. The maximum Gasteiger partial charge on any atom is 0.146 e. The van der Waals surface area contributed by atoms with Gasteiger partial charge in [0.15, 0.2) is 0 Å². The van der Waals surface area contributed by atoms with Crippen molar-refractivity contribution in [3.8, 4) is 16.9 Å². The minimum atomic E-state index is 0.627. The minimum absolute atomic E-state index is 0.627. The first-order chi connectivity index (χ1) is 15.7. The van der Waals surface area contributed by atoms with Crippen LogP contribution in [0, 0.1) is 0 Å². The van der Waals surface area contributed by atoms with Crippen LogP contribution >= 0.6 is 11.3 Å². The Morgan fingerprint density at radius 1 is 1.06 bits per heavy atom. The Hall–Kier alpha value is -3.62. The largest absolute Gasteiger partial charge is 0.365 e. The normalized spacial score (nSPS) is 11.3. The molecule has 0 atom stereocenters. The molecule has 7 nitrogen and oxygen atoms in total. The fourth-order valence-corrected chi connectivity index (χ4v) is 4.56. The van der Waals surface area contributed by atoms with Crippen molar-refractivity contribution in [3.05, 3.63) is 84.2 Å². The fourth-order valence-electron chi connectivity index (χ4n) is 3.59. The molecule has 4 heterocycles. The van der Waals surface area contributed by atoms with Crippen LogP contribution in [-0.4, -0.2) is 43.5 Å². The van der Waals surface area contributed by atoms with Gasteiger partial charge in [0.1, 0.15) is 28.6 Å². The summed E-state index contributed by atoms with van der Waals surface area (Å²) in [6.45, 7) is 1.31. The molecule has 5 rings (SSSR count). The number of benzene rings is 1. The average molecular weight is 442 g/mol. The van der Waals surface area contributed by atoms with E-state index in [0.29, 0.717) is 13.1 Å². The van der Waals surface area contributed by atoms with Crippen molar-refractivity contribution in [3.63, 3.8) is 0 Å². The third kappa shape index (κ3) is 4.23. The molecule has 8 heteroatoms. The van der Waals surface area contributed by atoms with Crippen molar-refractivity contribution in [2.75, 3.05) is 19.4 Å². The molecule has 4 aromatic heterocycles. The molecule has 0 radical (unpaired) electrons. The van der Waals surface area contributed by atoms with E-state index in [1.54, 1.807) is 23.9 Å². The molecule has 0 unspecified atom stereocenters. The maximum atomic E-state index is 4.90. The number of pyridine rings is 1. The number of hydrogen-bond donors (Lipinski definition) is 1. The molecule has 0 fully saturated rings. The zero-order chi connectivity index (χ0) is 21.9. The van der Waals surface area contributed by atoms with Crippen LogP contribution in [0.1, 0.15) is 11.4 Å². The molecule has 0 bridgehead atoms. The van der Waals surface area contributed by atoms with Crippen molar-refractivity contribution in [1.29, 1.82) is 0 Å². The van der Waals surface area contributed by atoms with Crippen molar-refractivity contribution < 1.29 is 0 Å². The van der Waals surface area contributed by atoms with E-state index in [2.05, 4.69) is 55.9 Å². The number of nitrogens with one attached hydrogen (secondary N) is 1. The summed E-state index contributed by atoms with van der Waals surface area (Å²) in [4.78, 5) is 21.4. The number of aromatic nitrogens is 5. The molecule has 0 aliphatic rings. The van der Waals surface area contributed by atoms with E-state index in [1.165, 1.54) is 0 Å².